The number of hydrogen-bond donors (Lipinski definition) is 0. The predicted octanol–water partition coefficient (Wildman–Crippen LogP) is 2.69. The van der Waals surface area contributed by atoms with Crippen molar-refractivity contribution in [1.82, 2.24) is 0 Å². The van der Waals surface area contributed by atoms with Crippen LogP contribution < -0.4 is 10.2 Å². The summed E-state index contributed by atoms with van der Waals surface area (Å²) in [7, 11) is 0. The molecule has 1 aromatic heterocycles. The number of halogens is 1. The van der Waals surface area contributed by atoms with Crippen LogP contribution in [0.1, 0.15) is 11.3 Å². The summed E-state index contributed by atoms with van der Waals surface area (Å²) in [6.45, 7) is -0.519. The molecule has 4 heteroatoms. The Bertz CT molecular complexity index is 534. The zero-order chi connectivity index (χ0) is 12.1. The molecule has 0 fully saturated rings. The van der Waals surface area contributed by atoms with Crippen molar-refractivity contribution in [1.29, 1.82) is 0 Å². The van der Waals surface area contributed by atoms with E-state index in [0.717, 1.165) is 17.9 Å². The molecule has 0 unspecified atom stereocenters. The molecule has 2 rings (SSSR count). The first kappa shape index (κ1) is 11.4. The first-order valence-electron chi connectivity index (χ1n) is 5.14. The highest BCUT2D eigenvalue weighted by atomic mass is 19.1. The molecule has 3 nitrogen and oxygen atoms in total. The maximum Gasteiger partial charge on any atom is 0.227 e. The van der Waals surface area contributed by atoms with Crippen molar-refractivity contribution in [2.45, 2.75) is 13.3 Å². The number of rotatable bonds is 4. The Morgan fingerprint density at radius 1 is 1.24 bits per heavy atom. The first-order chi connectivity index (χ1) is 8.29. The molecule has 2 aromatic rings. The average molecular weight is 234 g/mol. The van der Waals surface area contributed by atoms with Gasteiger partial charge in [-0.2, -0.15) is 0 Å². The molecular weight excluding hydrogens is 223 g/mol. The molecule has 0 N–H and O–H groups in total. The summed E-state index contributed by atoms with van der Waals surface area (Å²) >= 11 is 0. The van der Waals surface area contributed by atoms with Crippen LogP contribution in [0.3, 0.4) is 0 Å². The number of ether oxygens (including phenoxy) is 1. The molecule has 0 saturated carbocycles. The summed E-state index contributed by atoms with van der Waals surface area (Å²) in [5, 5.41) is 0. The van der Waals surface area contributed by atoms with E-state index in [9.17, 15) is 9.18 Å². The van der Waals surface area contributed by atoms with Crippen molar-refractivity contribution in [2.24, 2.45) is 0 Å². The van der Waals surface area contributed by atoms with Crippen molar-refractivity contribution in [2.75, 3.05) is 0 Å². The van der Waals surface area contributed by atoms with Crippen molar-refractivity contribution >= 4 is 0 Å². The summed E-state index contributed by atoms with van der Waals surface area (Å²) in [5.41, 5.74) is 0.571. The highest BCUT2D eigenvalue weighted by molar-refractivity contribution is 5.19. The summed E-state index contributed by atoms with van der Waals surface area (Å²) < 4.78 is 22.4. The van der Waals surface area contributed by atoms with Gasteiger partial charge in [-0.15, -0.1) is 0 Å². The Hall–Kier alpha value is -2.10. The molecule has 1 heterocycles. The fourth-order valence-electron chi connectivity index (χ4n) is 1.35. The lowest BCUT2D eigenvalue weighted by atomic mass is 10.2. The number of hydrogen-bond acceptors (Lipinski definition) is 3. The minimum atomic E-state index is -0.797. The maximum absolute atomic E-state index is 12.2. The summed E-state index contributed by atoms with van der Waals surface area (Å²) in [5.74, 6) is 0.0908. The predicted molar refractivity (Wildman–Crippen MR) is 60.6 cm³/mol. The van der Waals surface area contributed by atoms with Crippen LogP contribution in [0.4, 0.5) is 4.39 Å². The van der Waals surface area contributed by atoms with E-state index in [4.69, 9.17) is 9.15 Å². The molecular formula is C13H11FO3. The second kappa shape index (κ2) is 5.30. The quantitative estimate of drug-likeness (QED) is 0.816. The van der Waals surface area contributed by atoms with Crippen molar-refractivity contribution in [3.8, 4) is 5.75 Å². The molecule has 0 aliphatic rings. The molecule has 0 amide bonds. The van der Waals surface area contributed by atoms with E-state index in [2.05, 4.69) is 0 Å². The van der Waals surface area contributed by atoms with Crippen molar-refractivity contribution < 1.29 is 13.5 Å². The number of alkyl halides is 1. The fourth-order valence-corrected chi connectivity index (χ4v) is 1.35. The normalized spacial score (nSPS) is 10.2. The SMILES string of the molecule is O=c1cc(CF)occ1OCc1ccccc1. The van der Waals surface area contributed by atoms with Crippen LogP contribution in [-0.4, -0.2) is 0 Å². The van der Waals surface area contributed by atoms with Crippen LogP contribution >= 0.6 is 0 Å². The lowest BCUT2D eigenvalue weighted by molar-refractivity contribution is 0.285. The van der Waals surface area contributed by atoms with E-state index < -0.39 is 6.67 Å². The Balaban J connectivity index is 2.07. The van der Waals surface area contributed by atoms with Gasteiger partial charge in [0.05, 0.1) is 0 Å². The Morgan fingerprint density at radius 2 is 2.00 bits per heavy atom. The van der Waals surface area contributed by atoms with Gasteiger partial charge in [0.1, 0.15) is 25.3 Å². The molecule has 0 radical (unpaired) electrons. The van der Waals surface area contributed by atoms with Gasteiger partial charge < -0.3 is 9.15 Å². The molecule has 0 aliphatic carbocycles. The van der Waals surface area contributed by atoms with E-state index in [1.165, 1.54) is 0 Å². The van der Waals surface area contributed by atoms with Crippen molar-refractivity contribution in [3.05, 3.63) is 64.2 Å². The van der Waals surface area contributed by atoms with Gasteiger partial charge >= 0.3 is 0 Å². The third-order valence-corrected chi connectivity index (χ3v) is 2.22. The lowest BCUT2D eigenvalue weighted by Crippen LogP contribution is -2.07. The third-order valence-electron chi connectivity index (χ3n) is 2.22. The van der Waals surface area contributed by atoms with Gasteiger partial charge in [-0.25, -0.2) is 4.39 Å². The second-order valence-corrected chi connectivity index (χ2v) is 3.48. The Morgan fingerprint density at radius 3 is 2.65 bits per heavy atom. The summed E-state index contributed by atoms with van der Waals surface area (Å²) in [4.78, 5) is 11.5. The highest BCUT2D eigenvalue weighted by Crippen LogP contribution is 2.09. The zero-order valence-electron chi connectivity index (χ0n) is 9.06. The minimum Gasteiger partial charge on any atom is -0.482 e. The number of benzene rings is 1. The summed E-state index contributed by atoms with van der Waals surface area (Å²) in [6, 6.07) is 10.5. The molecule has 1 aromatic carbocycles. The van der Waals surface area contributed by atoms with Crippen LogP contribution in [0.15, 0.2) is 51.9 Å². The molecule has 0 bridgehead atoms. The van der Waals surface area contributed by atoms with Gasteiger partial charge in [0.25, 0.3) is 0 Å². The standard InChI is InChI=1S/C13H11FO3/c14-7-11-6-12(15)13(9-16-11)17-8-10-4-2-1-3-5-10/h1-6,9H,7-8H2. The van der Waals surface area contributed by atoms with E-state index in [0.29, 0.717) is 0 Å². The van der Waals surface area contributed by atoms with Crippen LogP contribution in [-0.2, 0) is 13.3 Å². The fraction of sp³-hybridized carbons (Fsp3) is 0.154. The largest absolute Gasteiger partial charge is 0.482 e. The third kappa shape index (κ3) is 2.93. The van der Waals surface area contributed by atoms with Gasteiger partial charge in [0, 0.05) is 6.07 Å². The van der Waals surface area contributed by atoms with Gasteiger partial charge in [0.2, 0.25) is 11.2 Å². The maximum atomic E-state index is 12.2. The van der Waals surface area contributed by atoms with E-state index in [1.54, 1.807) is 0 Å². The van der Waals surface area contributed by atoms with Crippen molar-refractivity contribution in [3.63, 3.8) is 0 Å². The first-order valence-corrected chi connectivity index (χ1v) is 5.14. The van der Waals surface area contributed by atoms with E-state index in [-0.39, 0.29) is 23.5 Å². The average Bonchev–Trinajstić information content (AvgIpc) is 2.38. The smallest absolute Gasteiger partial charge is 0.227 e. The Labute approximate surface area is 97.5 Å². The minimum absolute atomic E-state index is 0.00191. The lowest BCUT2D eigenvalue weighted by Gasteiger charge is -2.04. The Kier molecular flexibility index (Phi) is 3.55. The van der Waals surface area contributed by atoms with Crippen LogP contribution in [0.2, 0.25) is 0 Å². The molecule has 17 heavy (non-hydrogen) atoms. The van der Waals surface area contributed by atoms with Crippen LogP contribution in [0, 0.1) is 0 Å². The van der Waals surface area contributed by atoms with Gasteiger partial charge in [0.15, 0.2) is 0 Å². The van der Waals surface area contributed by atoms with Gasteiger partial charge in [-0.3, -0.25) is 4.79 Å². The molecule has 0 aliphatic heterocycles. The van der Waals surface area contributed by atoms with Crippen LogP contribution in [0.5, 0.6) is 5.75 Å². The van der Waals surface area contributed by atoms with Gasteiger partial charge in [-0.05, 0) is 5.56 Å². The zero-order valence-corrected chi connectivity index (χ0v) is 9.06. The molecule has 0 atom stereocenters. The van der Waals surface area contributed by atoms with Gasteiger partial charge in [-0.1, -0.05) is 30.3 Å². The van der Waals surface area contributed by atoms with Crippen LogP contribution in [0.25, 0.3) is 0 Å². The molecule has 0 spiro atoms. The highest BCUT2D eigenvalue weighted by Gasteiger charge is 2.04. The molecule has 88 valence electrons. The van der Waals surface area contributed by atoms with E-state index in [1.807, 2.05) is 30.3 Å². The second-order valence-electron chi connectivity index (χ2n) is 3.48. The molecule has 0 saturated heterocycles. The monoisotopic (exact) mass is 234 g/mol. The summed E-state index contributed by atoms with van der Waals surface area (Å²) in [6.07, 6.45) is 1.14. The van der Waals surface area contributed by atoms with E-state index >= 15 is 0 Å². The topological polar surface area (TPSA) is 39.4 Å².